The number of amides is 2. The number of nitrogens with one attached hydrogen (secondary N) is 3. The smallest absolute Gasteiger partial charge is 0.324 e. The zero-order valence-corrected chi connectivity index (χ0v) is 27.6. The number of aryl methyl sites for hydroxylation is 2. The molecule has 9 nitrogen and oxygen atoms in total. The number of ketones is 1. The first kappa shape index (κ1) is 31.9. The quantitative estimate of drug-likeness (QED) is 0.150. The molecule has 1 unspecified atom stereocenters. The van der Waals surface area contributed by atoms with Gasteiger partial charge in [0.15, 0.2) is 5.78 Å². The van der Waals surface area contributed by atoms with Gasteiger partial charge >= 0.3 is 6.03 Å². The average molecular weight is 631 g/mol. The summed E-state index contributed by atoms with van der Waals surface area (Å²) in [6, 6.07) is 26.7. The van der Waals surface area contributed by atoms with Crippen molar-refractivity contribution in [1.82, 2.24) is 20.3 Å². The number of hydrogen-bond donors (Lipinski definition) is 3. The molecular weight excluding hydrogens is 588 g/mol. The van der Waals surface area contributed by atoms with Crippen LogP contribution in [0.5, 0.6) is 0 Å². The van der Waals surface area contributed by atoms with Gasteiger partial charge in [0.1, 0.15) is 17.3 Å². The monoisotopic (exact) mass is 630 g/mol. The van der Waals surface area contributed by atoms with Gasteiger partial charge in [-0.3, -0.25) is 10.1 Å². The van der Waals surface area contributed by atoms with E-state index in [9.17, 15) is 9.59 Å². The van der Waals surface area contributed by atoms with Gasteiger partial charge in [0.05, 0.1) is 22.9 Å². The summed E-state index contributed by atoms with van der Waals surface area (Å²) in [6.07, 6.45) is 1.65. The number of carbonyl (C=O) groups excluding carboxylic acids is 2. The van der Waals surface area contributed by atoms with Gasteiger partial charge in [0, 0.05) is 22.7 Å². The number of Topliss-reactive ketones (excluding diaryl/α,β-unsaturated/α-hetero) is 1. The molecule has 3 N–H and O–H groups in total. The maximum atomic E-state index is 14.7. The molecule has 3 heterocycles. The molecule has 0 bridgehead atoms. The lowest BCUT2D eigenvalue weighted by Crippen LogP contribution is -2.34. The minimum absolute atomic E-state index is 0.0589. The predicted molar refractivity (Wildman–Crippen MR) is 185 cm³/mol. The molecule has 1 aliphatic heterocycles. The van der Waals surface area contributed by atoms with E-state index in [1.807, 2.05) is 91.9 Å². The number of urea groups is 1. The summed E-state index contributed by atoms with van der Waals surface area (Å²) >= 11 is 0. The lowest BCUT2D eigenvalue weighted by atomic mass is 9.75. The van der Waals surface area contributed by atoms with Crippen molar-refractivity contribution in [2.75, 3.05) is 23.7 Å². The molecule has 5 aromatic rings. The molecule has 47 heavy (non-hydrogen) atoms. The summed E-state index contributed by atoms with van der Waals surface area (Å²) in [7, 11) is 0. The second-order valence-corrected chi connectivity index (χ2v) is 13.3. The Bertz CT molecular complexity index is 1860. The fourth-order valence-electron chi connectivity index (χ4n) is 6.27. The number of hydrogen-bond acceptors (Lipinski definition) is 6. The van der Waals surface area contributed by atoms with Crippen molar-refractivity contribution in [2.45, 2.75) is 58.8 Å². The first-order chi connectivity index (χ1) is 22.6. The minimum Gasteiger partial charge on any atom is -0.360 e. The van der Waals surface area contributed by atoms with Crippen molar-refractivity contribution >= 4 is 23.3 Å². The lowest BCUT2D eigenvalue weighted by Gasteiger charge is -2.31. The van der Waals surface area contributed by atoms with Gasteiger partial charge in [0.25, 0.3) is 0 Å². The van der Waals surface area contributed by atoms with Crippen molar-refractivity contribution < 1.29 is 14.1 Å². The van der Waals surface area contributed by atoms with Crippen LogP contribution in [0, 0.1) is 19.8 Å². The summed E-state index contributed by atoms with van der Waals surface area (Å²) in [5.74, 6) is 0.517. The van der Waals surface area contributed by atoms with Gasteiger partial charge in [0.2, 0.25) is 0 Å². The van der Waals surface area contributed by atoms with Gasteiger partial charge in [-0.05, 0) is 69.5 Å². The molecule has 3 aromatic carbocycles. The lowest BCUT2D eigenvalue weighted by molar-refractivity contribution is 0.0915. The second-order valence-electron chi connectivity index (χ2n) is 13.3. The largest absolute Gasteiger partial charge is 0.360 e. The van der Waals surface area contributed by atoms with Crippen LogP contribution in [0.2, 0.25) is 0 Å². The molecule has 9 heteroatoms. The fraction of sp³-hybridized carbons (Fsp3) is 0.316. The Morgan fingerprint density at radius 2 is 1.60 bits per heavy atom. The fourth-order valence-corrected chi connectivity index (χ4v) is 6.27. The first-order valence-corrected chi connectivity index (χ1v) is 16.2. The van der Waals surface area contributed by atoms with Gasteiger partial charge in [-0.2, -0.15) is 5.10 Å². The summed E-state index contributed by atoms with van der Waals surface area (Å²) in [4.78, 5) is 28.4. The van der Waals surface area contributed by atoms with E-state index in [1.54, 1.807) is 11.6 Å². The first-order valence-electron chi connectivity index (χ1n) is 16.2. The predicted octanol–water partition coefficient (Wildman–Crippen LogP) is 8.05. The number of carbonyl (C=O) groups is 2. The summed E-state index contributed by atoms with van der Waals surface area (Å²) in [5, 5.41) is 18.7. The van der Waals surface area contributed by atoms with Gasteiger partial charge < -0.3 is 15.2 Å². The van der Waals surface area contributed by atoms with E-state index in [-0.39, 0.29) is 17.1 Å². The third kappa shape index (κ3) is 6.90. The van der Waals surface area contributed by atoms with E-state index in [2.05, 4.69) is 41.9 Å². The molecule has 1 atom stereocenters. The van der Waals surface area contributed by atoms with Crippen LogP contribution in [0.15, 0.2) is 89.5 Å². The number of piperidine rings is 1. The SMILES string of the molecule is Cc1ccc(-n2nc(C(C)(C)C)cc2NC(=O)Nc2ccccc2C(C(=O)c2c(-c3ccccc3)noc2C)C2CCNCC2)cc1. The molecule has 6 rings (SSSR count). The van der Waals surface area contributed by atoms with E-state index in [0.717, 1.165) is 54.0 Å². The van der Waals surface area contributed by atoms with Gasteiger partial charge in [-0.25, -0.2) is 9.48 Å². The molecule has 1 saturated heterocycles. The van der Waals surface area contributed by atoms with Crippen molar-refractivity contribution in [1.29, 1.82) is 0 Å². The molecule has 2 amide bonds. The average Bonchev–Trinajstić information content (AvgIpc) is 3.67. The van der Waals surface area contributed by atoms with Crippen LogP contribution in [0.4, 0.5) is 16.3 Å². The Hall–Kier alpha value is -5.02. The third-order valence-corrected chi connectivity index (χ3v) is 8.84. The maximum Gasteiger partial charge on any atom is 0.324 e. The van der Waals surface area contributed by atoms with Gasteiger partial charge in [-0.15, -0.1) is 0 Å². The number of nitrogens with zero attached hydrogens (tertiary/aromatic N) is 3. The molecule has 0 saturated carbocycles. The van der Waals surface area contributed by atoms with Crippen LogP contribution >= 0.6 is 0 Å². The highest BCUT2D eigenvalue weighted by molar-refractivity contribution is 6.08. The molecule has 2 aromatic heterocycles. The zero-order valence-electron chi connectivity index (χ0n) is 27.6. The number of anilines is 2. The van der Waals surface area contributed by atoms with Crippen LogP contribution < -0.4 is 16.0 Å². The van der Waals surface area contributed by atoms with Crippen molar-refractivity contribution in [3.63, 3.8) is 0 Å². The van der Waals surface area contributed by atoms with E-state index in [0.29, 0.717) is 28.5 Å². The summed E-state index contributed by atoms with van der Waals surface area (Å²) < 4.78 is 7.37. The highest BCUT2D eigenvalue weighted by atomic mass is 16.5. The summed E-state index contributed by atoms with van der Waals surface area (Å²) in [6.45, 7) is 11.7. The second kappa shape index (κ2) is 13.4. The molecule has 0 aliphatic carbocycles. The van der Waals surface area contributed by atoms with Crippen molar-refractivity contribution in [2.24, 2.45) is 5.92 Å². The maximum absolute atomic E-state index is 14.7. The van der Waals surface area contributed by atoms with E-state index >= 15 is 0 Å². The molecule has 1 fully saturated rings. The number of benzene rings is 3. The molecule has 0 radical (unpaired) electrons. The number of rotatable bonds is 8. The van der Waals surface area contributed by atoms with Crippen molar-refractivity contribution in [3.05, 3.63) is 113 Å². The van der Waals surface area contributed by atoms with Crippen LogP contribution in [0.1, 0.15) is 72.5 Å². The van der Waals surface area contributed by atoms with E-state index in [4.69, 9.17) is 9.62 Å². The Balaban J connectivity index is 1.34. The Kier molecular flexibility index (Phi) is 9.09. The Morgan fingerprint density at radius 1 is 0.915 bits per heavy atom. The van der Waals surface area contributed by atoms with Crippen LogP contribution in [-0.2, 0) is 5.41 Å². The zero-order chi connectivity index (χ0) is 33.1. The normalized spacial score (nSPS) is 14.5. The minimum atomic E-state index is -0.514. The number of para-hydroxylation sites is 1. The topological polar surface area (TPSA) is 114 Å². The Morgan fingerprint density at radius 3 is 2.30 bits per heavy atom. The molecule has 1 aliphatic rings. The third-order valence-electron chi connectivity index (χ3n) is 8.84. The van der Waals surface area contributed by atoms with Crippen LogP contribution in [-0.4, -0.2) is 39.8 Å². The van der Waals surface area contributed by atoms with Crippen LogP contribution in [0.3, 0.4) is 0 Å². The van der Waals surface area contributed by atoms with E-state index < -0.39 is 11.9 Å². The summed E-state index contributed by atoms with van der Waals surface area (Å²) in [5.41, 5.74) is 5.79. The molecule has 0 spiro atoms. The van der Waals surface area contributed by atoms with E-state index in [1.165, 1.54) is 0 Å². The molecular formula is C38H42N6O3. The van der Waals surface area contributed by atoms with Crippen molar-refractivity contribution in [3.8, 4) is 16.9 Å². The van der Waals surface area contributed by atoms with Gasteiger partial charge in [-0.1, -0.05) is 92.2 Å². The molecule has 242 valence electrons. The highest BCUT2D eigenvalue weighted by Gasteiger charge is 2.37. The Labute approximate surface area is 275 Å². The number of aromatic nitrogens is 3. The highest BCUT2D eigenvalue weighted by Crippen LogP contribution is 2.40. The standard InChI is InChI=1S/C38H42N6O3/c1-24-15-17-28(18-16-24)44-32(23-31(42-44)38(3,4)5)41-37(46)40-30-14-10-9-13-29(30)34(26-19-21-39-22-20-26)36(45)33-25(2)47-43-35(33)27-11-7-6-8-12-27/h6-18,23,26,34,39H,19-22H2,1-5H3,(H2,40,41,46). The van der Waals surface area contributed by atoms with Crippen LogP contribution in [0.25, 0.3) is 16.9 Å².